The number of carbonyl (C=O) groups is 1. The molecule has 0 bridgehead atoms. The number of nitrogen functional groups attached to an aromatic ring is 1. The second-order valence-electron chi connectivity index (χ2n) is 8.57. The molecule has 0 unspecified atom stereocenters. The highest BCUT2D eigenvalue weighted by Gasteiger charge is 2.26. The zero-order valence-corrected chi connectivity index (χ0v) is 18.0. The first-order valence-electron chi connectivity index (χ1n) is 9.96. The number of nitrogens with zero attached hydrogens (tertiary/aromatic N) is 1. The van der Waals surface area contributed by atoms with Crippen LogP contribution in [0.15, 0.2) is 10.5 Å². The van der Waals surface area contributed by atoms with Crippen molar-refractivity contribution in [3.8, 4) is 5.75 Å². The first kappa shape index (κ1) is 20.6. The van der Waals surface area contributed by atoms with Crippen LogP contribution in [-0.4, -0.2) is 47.6 Å². The van der Waals surface area contributed by atoms with Crippen LogP contribution in [0.25, 0.3) is 0 Å². The molecule has 0 atom stereocenters. The van der Waals surface area contributed by atoms with Crippen LogP contribution in [0, 0.1) is 5.92 Å². The summed E-state index contributed by atoms with van der Waals surface area (Å²) in [7, 11) is 0. The maximum atomic E-state index is 12.9. The van der Waals surface area contributed by atoms with Crippen molar-refractivity contribution in [2.24, 2.45) is 5.92 Å². The monoisotopic (exact) mass is 438 g/mol. The van der Waals surface area contributed by atoms with Gasteiger partial charge >= 0.3 is 0 Å². The molecule has 1 aromatic carbocycles. The molecule has 0 amide bonds. The number of piperidine rings is 1. The van der Waals surface area contributed by atoms with Crippen LogP contribution in [-0.2, 0) is 6.42 Å². The van der Waals surface area contributed by atoms with Crippen LogP contribution < -0.4 is 10.5 Å². The maximum absolute atomic E-state index is 12.9. The lowest BCUT2D eigenvalue weighted by Crippen LogP contribution is -2.42. The summed E-state index contributed by atoms with van der Waals surface area (Å²) in [5, 5.41) is 9.97. The van der Waals surface area contributed by atoms with Gasteiger partial charge in [0.2, 0.25) is 0 Å². The Morgan fingerprint density at radius 2 is 2.11 bits per heavy atom. The van der Waals surface area contributed by atoms with E-state index in [2.05, 4.69) is 20.8 Å². The lowest BCUT2D eigenvalue weighted by Gasteiger charge is -2.35. The van der Waals surface area contributed by atoms with E-state index in [4.69, 9.17) is 10.5 Å². The minimum Gasteiger partial charge on any atom is -0.492 e. The molecule has 3 N–H and O–H groups in total. The van der Waals surface area contributed by atoms with E-state index in [0.717, 1.165) is 55.2 Å². The van der Waals surface area contributed by atoms with Crippen molar-refractivity contribution in [3.05, 3.63) is 21.7 Å². The van der Waals surface area contributed by atoms with Gasteiger partial charge in [0, 0.05) is 23.0 Å². The van der Waals surface area contributed by atoms with Gasteiger partial charge in [-0.2, -0.15) is 0 Å². The molecule has 27 heavy (non-hydrogen) atoms. The molecule has 0 spiro atoms. The van der Waals surface area contributed by atoms with E-state index in [0.29, 0.717) is 42.5 Å². The van der Waals surface area contributed by atoms with Gasteiger partial charge in [-0.1, -0.05) is 0 Å². The Hall–Kier alpha value is -1.11. The number of rotatable bonds is 6. The number of Topliss-reactive ketones (excluding diaryl/α,β-unsaturated/α-hetero) is 1. The minimum absolute atomic E-state index is 0.146. The number of likely N-dealkylation sites (tertiary alicyclic amines) is 1. The zero-order chi connectivity index (χ0) is 19.6. The minimum atomic E-state index is -0.648. The lowest BCUT2D eigenvalue weighted by molar-refractivity contribution is 0.0239. The van der Waals surface area contributed by atoms with Gasteiger partial charge < -0.3 is 20.5 Å². The van der Waals surface area contributed by atoms with Crippen LogP contribution >= 0.6 is 15.9 Å². The average Bonchev–Trinajstić information content (AvgIpc) is 2.62. The summed E-state index contributed by atoms with van der Waals surface area (Å²) in [5.74, 6) is 1.42. The zero-order valence-electron chi connectivity index (χ0n) is 16.4. The smallest absolute Gasteiger partial charge is 0.166 e. The van der Waals surface area contributed by atoms with Crippen molar-refractivity contribution in [2.45, 2.75) is 58.0 Å². The van der Waals surface area contributed by atoms with Crippen molar-refractivity contribution in [2.75, 3.05) is 32.0 Å². The van der Waals surface area contributed by atoms with Crippen LogP contribution in [0.4, 0.5) is 5.69 Å². The van der Waals surface area contributed by atoms with E-state index >= 15 is 0 Å². The molecule has 5 nitrogen and oxygen atoms in total. The molecular weight excluding hydrogens is 408 g/mol. The summed E-state index contributed by atoms with van der Waals surface area (Å²) in [6, 6.07) is 1.83. The second kappa shape index (κ2) is 8.50. The van der Waals surface area contributed by atoms with E-state index in [9.17, 15) is 9.90 Å². The van der Waals surface area contributed by atoms with E-state index in [1.54, 1.807) is 0 Å². The van der Waals surface area contributed by atoms with Crippen molar-refractivity contribution < 1.29 is 14.6 Å². The number of halogens is 1. The predicted octanol–water partition coefficient (Wildman–Crippen LogP) is 3.80. The summed E-state index contributed by atoms with van der Waals surface area (Å²) >= 11 is 3.49. The highest BCUT2D eigenvalue weighted by Crippen LogP contribution is 2.39. The topological polar surface area (TPSA) is 75.8 Å². The molecule has 150 valence electrons. The average molecular weight is 439 g/mol. The van der Waals surface area contributed by atoms with Gasteiger partial charge in [0.15, 0.2) is 5.78 Å². The summed E-state index contributed by atoms with van der Waals surface area (Å²) in [4.78, 5) is 15.2. The maximum Gasteiger partial charge on any atom is 0.166 e. The van der Waals surface area contributed by atoms with E-state index in [1.165, 1.54) is 0 Å². The van der Waals surface area contributed by atoms with Gasteiger partial charge in [-0.05, 0) is 87.0 Å². The molecule has 0 aliphatic carbocycles. The van der Waals surface area contributed by atoms with Crippen LogP contribution in [0.1, 0.15) is 61.9 Å². The largest absolute Gasteiger partial charge is 0.492 e. The first-order valence-corrected chi connectivity index (χ1v) is 10.8. The standard InChI is InChI=1S/C21H31BrN2O3/c1-21(2,26)13-24-9-7-14(8-10-24)5-6-18(25)16-12-17(22)19(23)15-4-3-11-27-20(15)16/h12,14,26H,3-11,13,23H2,1-2H3. The third-order valence-corrected chi connectivity index (χ3v) is 6.24. The Bertz CT molecular complexity index is 692. The van der Waals surface area contributed by atoms with Gasteiger partial charge in [-0.25, -0.2) is 0 Å². The number of fused-ring (bicyclic) bond motifs is 1. The van der Waals surface area contributed by atoms with Crippen molar-refractivity contribution >= 4 is 27.4 Å². The number of hydrogen-bond donors (Lipinski definition) is 2. The summed E-state index contributed by atoms with van der Waals surface area (Å²) in [6.07, 6.45) is 5.42. The number of nitrogens with two attached hydrogens (primary N) is 1. The van der Waals surface area contributed by atoms with Gasteiger partial charge in [0.25, 0.3) is 0 Å². The number of hydrogen-bond acceptors (Lipinski definition) is 5. The molecular formula is C21H31BrN2O3. The number of ether oxygens (including phenoxy) is 1. The summed E-state index contributed by atoms with van der Waals surface area (Å²) in [5.41, 5.74) is 7.85. The normalized spacial score (nSPS) is 18.8. The fourth-order valence-electron chi connectivity index (χ4n) is 4.19. The Balaban J connectivity index is 1.57. The van der Waals surface area contributed by atoms with Crippen LogP contribution in [0.5, 0.6) is 5.75 Å². The highest BCUT2D eigenvalue weighted by molar-refractivity contribution is 9.10. The molecule has 2 heterocycles. The first-order chi connectivity index (χ1) is 12.7. The van der Waals surface area contributed by atoms with Gasteiger partial charge in [0.1, 0.15) is 5.75 Å². The molecule has 6 heteroatoms. The van der Waals surface area contributed by atoms with E-state index in [-0.39, 0.29) is 5.78 Å². The number of benzene rings is 1. The van der Waals surface area contributed by atoms with Gasteiger partial charge in [0.05, 0.1) is 23.5 Å². The third kappa shape index (κ3) is 5.24. The fraction of sp³-hybridized carbons (Fsp3) is 0.667. The quantitative estimate of drug-likeness (QED) is 0.521. The lowest BCUT2D eigenvalue weighted by atomic mass is 9.89. The van der Waals surface area contributed by atoms with Gasteiger partial charge in [-0.15, -0.1) is 0 Å². The van der Waals surface area contributed by atoms with E-state index < -0.39 is 5.60 Å². The fourth-order valence-corrected chi connectivity index (χ4v) is 4.66. The molecule has 0 radical (unpaired) electrons. The predicted molar refractivity (Wildman–Crippen MR) is 111 cm³/mol. The number of β-amino-alcohol motifs (C(OH)–C–C–N with tert-alkyl or cyclic N) is 1. The molecule has 2 aliphatic heterocycles. The molecule has 1 fully saturated rings. The Morgan fingerprint density at radius 3 is 2.78 bits per heavy atom. The SMILES string of the molecule is CC(C)(O)CN1CCC(CCC(=O)c2cc(Br)c(N)c3c2OCCC3)CC1. The van der Waals surface area contributed by atoms with E-state index in [1.807, 2.05) is 19.9 Å². The van der Waals surface area contributed by atoms with Crippen molar-refractivity contribution in [3.63, 3.8) is 0 Å². The van der Waals surface area contributed by atoms with Crippen molar-refractivity contribution in [1.82, 2.24) is 4.90 Å². The summed E-state index contributed by atoms with van der Waals surface area (Å²) < 4.78 is 6.60. The second-order valence-corrected chi connectivity index (χ2v) is 9.43. The number of anilines is 1. The molecule has 0 aromatic heterocycles. The number of aliphatic hydroxyl groups is 1. The van der Waals surface area contributed by atoms with Gasteiger partial charge in [-0.3, -0.25) is 4.79 Å². The molecule has 0 saturated carbocycles. The molecule has 2 aliphatic rings. The van der Waals surface area contributed by atoms with Crippen LogP contribution in [0.3, 0.4) is 0 Å². The van der Waals surface area contributed by atoms with Crippen molar-refractivity contribution in [1.29, 1.82) is 0 Å². The molecule has 1 saturated heterocycles. The third-order valence-electron chi connectivity index (χ3n) is 5.59. The molecule has 1 aromatic rings. The van der Waals surface area contributed by atoms with Crippen LogP contribution in [0.2, 0.25) is 0 Å². The Morgan fingerprint density at radius 1 is 1.41 bits per heavy atom. The Kier molecular flexibility index (Phi) is 6.49. The molecule has 3 rings (SSSR count). The number of carbonyl (C=O) groups excluding carboxylic acids is 1. The highest BCUT2D eigenvalue weighted by atomic mass is 79.9. The Labute approximate surface area is 170 Å². The number of ketones is 1. The summed E-state index contributed by atoms with van der Waals surface area (Å²) in [6.45, 7) is 7.05.